The third-order valence-electron chi connectivity index (χ3n) is 1.87. The Hall–Kier alpha value is -1.30. The van der Waals surface area contributed by atoms with E-state index in [9.17, 15) is 9.59 Å². The van der Waals surface area contributed by atoms with E-state index in [1.807, 2.05) is 6.92 Å². The van der Waals surface area contributed by atoms with E-state index >= 15 is 0 Å². The van der Waals surface area contributed by atoms with Crippen molar-refractivity contribution in [1.82, 2.24) is 16.0 Å². The SMILES string of the molecule is CCNC(=O)C(CNC(=O)OC(C)(C)C)NC. The van der Waals surface area contributed by atoms with Crippen LogP contribution in [-0.4, -0.2) is 43.8 Å². The van der Waals surface area contributed by atoms with Crippen molar-refractivity contribution in [1.29, 1.82) is 0 Å². The fourth-order valence-corrected chi connectivity index (χ4v) is 1.12. The fraction of sp³-hybridized carbons (Fsp3) is 0.818. The van der Waals surface area contributed by atoms with Crippen LogP contribution in [0.2, 0.25) is 0 Å². The van der Waals surface area contributed by atoms with Gasteiger partial charge in [-0.2, -0.15) is 0 Å². The lowest BCUT2D eigenvalue weighted by atomic mass is 10.2. The molecule has 0 fully saturated rings. The van der Waals surface area contributed by atoms with Gasteiger partial charge in [-0.3, -0.25) is 4.79 Å². The molecule has 100 valence electrons. The Morgan fingerprint density at radius 2 is 1.82 bits per heavy atom. The maximum atomic E-state index is 11.5. The van der Waals surface area contributed by atoms with Gasteiger partial charge in [0.25, 0.3) is 0 Å². The summed E-state index contributed by atoms with van der Waals surface area (Å²) in [6, 6.07) is -0.456. The van der Waals surface area contributed by atoms with Crippen molar-refractivity contribution in [2.24, 2.45) is 0 Å². The number of alkyl carbamates (subject to hydrolysis) is 1. The van der Waals surface area contributed by atoms with E-state index in [-0.39, 0.29) is 12.5 Å². The lowest BCUT2D eigenvalue weighted by molar-refractivity contribution is -0.122. The Morgan fingerprint density at radius 1 is 1.24 bits per heavy atom. The van der Waals surface area contributed by atoms with Crippen LogP contribution in [0.1, 0.15) is 27.7 Å². The Bertz CT molecular complexity index is 261. The van der Waals surface area contributed by atoms with Gasteiger partial charge in [-0.15, -0.1) is 0 Å². The molecule has 2 amide bonds. The first-order valence-corrected chi connectivity index (χ1v) is 5.72. The van der Waals surface area contributed by atoms with Crippen LogP contribution in [0.5, 0.6) is 0 Å². The van der Waals surface area contributed by atoms with Crippen LogP contribution >= 0.6 is 0 Å². The standard InChI is InChI=1S/C11H23N3O3/c1-6-13-9(15)8(12-5)7-14-10(16)17-11(2,3)4/h8,12H,6-7H2,1-5H3,(H,13,15)(H,14,16). The molecule has 0 aliphatic rings. The summed E-state index contributed by atoms with van der Waals surface area (Å²) in [5.74, 6) is -0.147. The Morgan fingerprint density at radius 3 is 2.24 bits per heavy atom. The van der Waals surface area contributed by atoms with Gasteiger partial charge in [0.05, 0.1) is 0 Å². The normalized spacial score (nSPS) is 12.8. The highest BCUT2D eigenvalue weighted by Crippen LogP contribution is 2.06. The van der Waals surface area contributed by atoms with Gasteiger partial charge in [0.1, 0.15) is 11.6 Å². The lowest BCUT2D eigenvalue weighted by Crippen LogP contribution is -2.50. The van der Waals surface area contributed by atoms with Crippen molar-refractivity contribution >= 4 is 12.0 Å². The van der Waals surface area contributed by atoms with Gasteiger partial charge in [-0.1, -0.05) is 0 Å². The van der Waals surface area contributed by atoms with E-state index in [0.717, 1.165) is 0 Å². The molecule has 0 aromatic heterocycles. The van der Waals surface area contributed by atoms with Crippen LogP contribution < -0.4 is 16.0 Å². The second-order valence-electron chi connectivity index (χ2n) is 4.62. The number of hydrogen-bond donors (Lipinski definition) is 3. The second-order valence-corrected chi connectivity index (χ2v) is 4.62. The maximum Gasteiger partial charge on any atom is 0.407 e. The van der Waals surface area contributed by atoms with Crippen LogP contribution in [-0.2, 0) is 9.53 Å². The number of carbonyl (C=O) groups excluding carboxylic acids is 2. The van der Waals surface area contributed by atoms with Gasteiger partial charge in [0.15, 0.2) is 0 Å². The van der Waals surface area contributed by atoms with Crippen LogP contribution in [0.25, 0.3) is 0 Å². The minimum absolute atomic E-state index is 0.147. The number of nitrogens with one attached hydrogen (secondary N) is 3. The predicted octanol–water partition coefficient (Wildman–Crippen LogP) is 0.235. The van der Waals surface area contributed by atoms with Crippen molar-refractivity contribution in [3.8, 4) is 0 Å². The van der Waals surface area contributed by atoms with Gasteiger partial charge in [-0.25, -0.2) is 4.79 Å². The van der Waals surface area contributed by atoms with Crippen LogP contribution in [0, 0.1) is 0 Å². The lowest BCUT2D eigenvalue weighted by Gasteiger charge is -2.21. The van der Waals surface area contributed by atoms with Crippen molar-refractivity contribution in [3.63, 3.8) is 0 Å². The highest BCUT2D eigenvalue weighted by atomic mass is 16.6. The summed E-state index contributed by atoms with van der Waals surface area (Å²) in [5, 5.41) is 8.04. The zero-order valence-corrected chi connectivity index (χ0v) is 11.2. The number of likely N-dealkylation sites (N-methyl/N-ethyl adjacent to an activating group) is 2. The van der Waals surface area contributed by atoms with Crippen molar-refractivity contribution in [3.05, 3.63) is 0 Å². The molecule has 0 rings (SSSR count). The summed E-state index contributed by atoms with van der Waals surface area (Å²) < 4.78 is 5.06. The Kier molecular flexibility index (Phi) is 6.57. The minimum Gasteiger partial charge on any atom is -0.444 e. The first-order chi connectivity index (χ1) is 7.80. The number of amides is 2. The van der Waals surface area contributed by atoms with Gasteiger partial charge in [-0.05, 0) is 34.7 Å². The Labute approximate surface area is 102 Å². The van der Waals surface area contributed by atoms with E-state index in [1.165, 1.54) is 0 Å². The molecule has 0 aliphatic heterocycles. The molecule has 6 heteroatoms. The average molecular weight is 245 g/mol. The zero-order valence-electron chi connectivity index (χ0n) is 11.2. The maximum absolute atomic E-state index is 11.5. The largest absolute Gasteiger partial charge is 0.444 e. The third-order valence-corrected chi connectivity index (χ3v) is 1.87. The van der Waals surface area contributed by atoms with E-state index in [2.05, 4.69) is 16.0 Å². The quantitative estimate of drug-likeness (QED) is 0.648. The van der Waals surface area contributed by atoms with E-state index in [4.69, 9.17) is 4.74 Å². The molecule has 0 radical (unpaired) electrons. The first-order valence-electron chi connectivity index (χ1n) is 5.72. The molecule has 0 aliphatic carbocycles. The van der Waals surface area contributed by atoms with Gasteiger partial charge >= 0.3 is 6.09 Å². The third kappa shape index (κ3) is 7.57. The minimum atomic E-state index is -0.537. The second kappa shape index (κ2) is 7.11. The number of carbonyl (C=O) groups is 2. The first kappa shape index (κ1) is 15.7. The van der Waals surface area contributed by atoms with Crippen LogP contribution in [0.15, 0.2) is 0 Å². The zero-order chi connectivity index (χ0) is 13.5. The summed E-state index contributed by atoms with van der Waals surface area (Å²) in [6.45, 7) is 7.94. The molecule has 0 spiro atoms. The molecule has 0 aromatic carbocycles. The average Bonchev–Trinajstić information content (AvgIpc) is 2.16. The summed E-state index contributed by atoms with van der Waals surface area (Å²) in [5.41, 5.74) is -0.537. The number of rotatable bonds is 5. The smallest absolute Gasteiger partial charge is 0.407 e. The molecule has 0 saturated heterocycles. The molecule has 0 bridgehead atoms. The topological polar surface area (TPSA) is 79.5 Å². The summed E-state index contributed by atoms with van der Waals surface area (Å²) in [4.78, 5) is 22.9. The monoisotopic (exact) mass is 245 g/mol. The van der Waals surface area contributed by atoms with E-state index in [0.29, 0.717) is 6.54 Å². The van der Waals surface area contributed by atoms with Crippen LogP contribution in [0.3, 0.4) is 0 Å². The Balaban J connectivity index is 4.07. The van der Waals surface area contributed by atoms with Crippen molar-refractivity contribution < 1.29 is 14.3 Å². The predicted molar refractivity (Wildman–Crippen MR) is 65.8 cm³/mol. The molecule has 6 nitrogen and oxygen atoms in total. The summed E-state index contributed by atoms with van der Waals surface area (Å²) >= 11 is 0. The molecular formula is C11H23N3O3. The highest BCUT2D eigenvalue weighted by molar-refractivity contribution is 5.82. The van der Waals surface area contributed by atoms with E-state index in [1.54, 1.807) is 27.8 Å². The number of hydrogen-bond acceptors (Lipinski definition) is 4. The molecule has 0 saturated carbocycles. The summed E-state index contributed by atoms with van der Waals surface area (Å²) in [6.07, 6.45) is -0.526. The van der Waals surface area contributed by atoms with Gasteiger partial charge < -0.3 is 20.7 Å². The van der Waals surface area contributed by atoms with Crippen molar-refractivity contribution in [2.75, 3.05) is 20.1 Å². The molecule has 1 atom stereocenters. The number of ether oxygens (including phenoxy) is 1. The summed E-state index contributed by atoms with van der Waals surface area (Å²) in [7, 11) is 1.66. The van der Waals surface area contributed by atoms with Gasteiger partial charge in [0.2, 0.25) is 5.91 Å². The van der Waals surface area contributed by atoms with Crippen LogP contribution in [0.4, 0.5) is 4.79 Å². The highest BCUT2D eigenvalue weighted by Gasteiger charge is 2.19. The fourth-order valence-electron chi connectivity index (χ4n) is 1.12. The van der Waals surface area contributed by atoms with E-state index < -0.39 is 17.7 Å². The van der Waals surface area contributed by atoms with Gasteiger partial charge in [0, 0.05) is 13.1 Å². The molecule has 0 aromatic rings. The molecule has 3 N–H and O–H groups in total. The molecule has 0 heterocycles. The molecule has 17 heavy (non-hydrogen) atoms. The molecular weight excluding hydrogens is 222 g/mol. The van der Waals surface area contributed by atoms with Crippen molar-refractivity contribution in [2.45, 2.75) is 39.3 Å². The molecule has 1 unspecified atom stereocenters.